The Morgan fingerprint density at radius 2 is 1.35 bits per heavy atom. The van der Waals surface area contributed by atoms with Gasteiger partial charge >= 0.3 is 24.0 Å². The van der Waals surface area contributed by atoms with Crippen molar-refractivity contribution in [2.45, 2.75) is 70.6 Å². The molecule has 0 atom stereocenters. The predicted octanol–water partition coefficient (Wildman–Crippen LogP) is 4.25. The van der Waals surface area contributed by atoms with Gasteiger partial charge in [-0.25, -0.2) is 4.99 Å². The molecule has 4 nitrogen and oxygen atoms in total. The van der Waals surface area contributed by atoms with Gasteiger partial charge in [-0.15, -0.1) is 0 Å². The van der Waals surface area contributed by atoms with Crippen molar-refractivity contribution in [3.63, 3.8) is 0 Å². The highest BCUT2D eigenvalue weighted by Crippen LogP contribution is 2.50. The van der Waals surface area contributed by atoms with Crippen molar-refractivity contribution in [1.29, 1.82) is 0 Å². The molecule has 1 aliphatic rings. The lowest BCUT2D eigenvalue weighted by Crippen LogP contribution is -2.59. The topological polar surface area (TPSA) is 43.2 Å². The standard InChI is InChI=1S/C13H18F6N2O2/c1-9(2,3)20-7-11(12(14,15)16,13(17,18)19)21-8(22-7)23-10(4,5)6/h1-6H3. The number of ether oxygens (including phenoxy) is 2. The molecule has 1 aliphatic heterocycles. The van der Waals surface area contributed by atoms with E-state index in [-0.39, 0.29) is 0 Å². The second-order valence-electron chi connectivity index (χ2n) is 6.99. The molecule has 0 aromatic rings. The van der Waals surface area contributed by atoms with Gasteiger partial charge in [-0.1, -0.05) is 0 Å². The Morgan fingerprint density at radius 1 is 0.913 bits per heavy atom. The van der Waals surface area contributed by atoms with E-state index in [0.29, 0.717) is 0 Å². The van der Waals surface area contributed by atoms with Gasteiger partial charge in [-0.3, -0.25) is 0 Å². The molecule has 10 heteroatoms. The SMILES string of the molecule is CC(C)(C)N=C1OC(OC(C)(C)C)=NC1(C(F)(F)F)C(F)(F)F. The van der Waals surface area contributed by atoms with Gasteiger partial charge in [0.15, 0.2) is 0 Å². The second-order valence-corrected chi connectivity index (χ2v) is 6.99. The largest absolute Gasteiger partial charge is 0.445 e. The smallest absolute Gasteiger partial charge is 0.432 e. The number of hydrogen-bond donors (Lipinski definition) is 0. The molecule has 0 unspecified atom stereocenters. The monoisotopic (exact) mass is 348 g/mol. The Hall–Kier alpha value is -1.48. The summed E-state index contributed by atoms with van der Waals surface area (Å²) in [4.78, 5) is 6.14. The summed E-state index contributed by atoms with van der Waals surface area (Å²) in [5, 5.41) is 0. The van der Waals surface area contributed by atoms with Crippen LogP contribution in [0.5, 0.6) is 0 Å². The van der Waals surface area contributed by atoms with E-state index in [1.807, 2.05) is 0 Å². The summed E-state index contributed by atoms with van der Waals surface area (Å²) >= 11 is 0. The van der Waals surface area contributed by atoms with Crippen LogP contribution in [0.15, 0.2) is 9.98 Å². The lowest BCUT2D eigenvalue weighted by atomic mass is 9.98. The fraction of sp³-hybridized carbons (Fsp3) is 0.846. The van der Waals surface area contributed by atoms with Gasteiger partial charge in [0.05, 0.1) is 5.54 Å². The molecule has 0 aliphatic carbocycles. The first-order valence-electron chi connectivity index (χ1n) is 6.59. The molecule has 0 saturated heterocycles. The normalized spacial score (nSPS) is 21.2. The van der Waals surface area contributed by atoms with Gasteiger partial charge in [0.1, 0.15) is 5.60 Å². The Balaban J connectivity index is 3.58. The van der Waals surface area contributed by atoms with Crippen LogP contribution in [0, 0.1) is 0 Å². The van der Waals surface area contributed by atoms with Crippen LogP contribution < -0.4 is 0 Å². The quantitative estimate of drug-likeness (QED) is 0.614. The molecule has 0 N–H and O–H groups in total. The molecule has 0 radical (unpaired) electrons. The van der Waals surface area contributed by atoms with Crippen LogP contribution in [0.2, 0.25) is 0 Å². The molecule has 23 heavy (non-hydrogen) atoms. The molecule has 0 aromatic carbocycles. The number of rotatable bonds is 0. The van der Waals surface area contributed by atoms with E-state index in [4.69, 9.17) is 4.74 Å². The van der Waals surface area contributed by atoms with E-state index in [0.717, 1.165) is 0 Å². The summed E-state index contributed by atoms with van der Waals surface area (Å²) in [6, 6.07) is 0. The zero-order valence-electron chi connectivity index (χ0n) is 13.5. The summed E-state index contributed by atoms with van der Waals surface area (Å²) in [5.41, 5.74) is -6.92. The van der Waals surface area contributed by atoms with E-state index in [1.54, 1.807) is 0 Å². The lowest BCUT2D eigenvalue weighted by Gasteiger charge is -2.30. The fourth-order valence-electron chi connectivity index (χ4n) is 1.61. The number of nitrogens with zero attached hydrogens (tertiary/aromatic N) is 2. The molecule has 0 spiro atoms. The van der Waals surface area contributed by atoms with Crippen LogP contribution in [-0.4, -0.2) is 41.0 Å². The second kappa shape index (κ2) is 5.27. The summed E-state index contributed by atoms with van der Waals surface area (Å²) in [6.45, 7) is 8.30. The van der Waals surface area contributed by atoms with Crippen LogP contribution in [0.3, 0.4) is 0 Å². The van der Waals surface area contributed by atoms with E-state index >= 15 is 0 Å². The van der Waals surface area contributed by atoms with Gasteiger partial charge in [-0.2, -0.15) is 31.3 Å². The van der Waals surface area contributed by atoms with E-state index < -0.39 is 41.0 Å². The van der Waals surface area contributed by atoms with E-state index in [1.165, 1.54) is 41.5 Å². The zero-order chi connectivity index (χ0) is 18.5. The molecular formula is C13H18F6N2O2. The van der Waals surface area contributed by atoms with Crippen molar-refractivity contribution in [2.75, 3.05) is 0 Å². The van der Waals surface area contributed by atoms with Gasteiger partial charge in [0, 0.05) is 0 Å². The predicted molar refractivity (Wildman–Crippen MR) is 71.4 cm³/mol. The van der Waals surface area contributed by atoms with Crippen LogP contribution in [0.4, 0.5) is 26.3 Å². The van der Waals surface area contributed by atoms with E-state index in [2.05, 4.69) is 14.7 Å². The molecule has 0 amide bonds. The summed E-state index contributed by atoms with van der Waals surface area (Å²) in [6.07, 6.45) is -12.7. The van der Waals surface area contributed by atoms with Crippen molar-refractivity contribution >= 4 is 12.0 Å². The summed E-state index contributed by atoms with van der Waals surface area (Å²) in [5.74, 6) is -1.59. The number of halogens is 6. The maximum atomic E-state index is 13.3. The highest BCUT2D eigenvalue weighted by molar-refractivity contribution is 6.02. The third-order valence-electron chi connectivity index (χ3n) is 2.40. The van der Waals surface area contributed by atoms with Crippen LogP contribution in [0.1, 0.15) is 41.5 Å². The number of aliphatic imine (C=N–C) groups is 2. The van der Waals surface area contributed by atoms with Crippen molar-refractivity contribution in [2.24, 2.45) is 9.98 Å². The minimum absolute atomic E-state index is 1.10. The Labute approximate surface area is 129 Å². The molecular weight excluding hydrogens is 330 g/mol. The maximum absolute atomic E-state index is 13.3. The third kappa shape index (κ3) is 4.08. The molecule has 134 valence electrons. The first-order valence-corrected chi connectivity index (χ1v) is 6.59. The summed E-state index contributed by atoms with van der Waals surface area (Å²) in [7, 11) is 0. The van der Waals surface area contributed by atoms with Crippen LogP contribution >= 0.6 is 0 Å². The fourth-order valence-corrected chi connectivity index (χ4v) is 1.61. The number of hydrogen-bond acceptors (Lipinski definition) is 4. The van der Waals surface area contributed by atoms with Gasteiger partial charge < -0.3 is 9.47 Å². The molecule has 0 fully saturated rings. The lowest BCUT2D eigenvalue weighted by molar-refractivity contribution is -0.271. The average molecular weight is 348 g/mol. The Morgan fingerprint density at radius 3 is 1.65 bits per heavy atom. The highest BCUT2D eigenvalue weighted by Gasteiger charge is 2.79. The average Bonchev–Trinajstić information content (AvgIpc) is 2.49. The van der Waals surface area contributed by atoms with Gasteiger partial charge in [0.25, 0.3) is 0 Å². The Kier molecular flexibility index (Phi) is 4.48. The van der Waals surface area contributed by atoms with Gasteiger partial charge in [-0.05, 0) is 41.5 Å². The maximum Gasteiger partial charge on any atom is 0.432 e. The highest BCUT2D eigenvalue weighted by atomic mass is 19.4. The first kappa shape index (κ1) is 19.6. The molecule has 0 aromatic heterocycles. The minimum Gasteiger partial charge on any atom is -0.445 e. The molecule has 0 bridgehead atoms. The summed E-state index contributed by atoms with van der Waals surface area (Å²) < 4.78 is 89.4. The van der Waals surface area contributed by atoms with Crippen LogP contribution in [-0.2, 0) is 9.47 Å². The van der Waals surface area contributed by atoms with Crippen molar-refractivity contribution in [3.05, 3.63) is 0 Å². The van der Waals surface area contributed by atoms with E-state index in [9.17, 15) is 26.3 Å². The molecule has 1 rings (SSSR count). The minimum atomic E-state index is -5.79. The van der Waals surface area contributed by atoms with Crippen molar-refractivity contribution in [1.82, 2.24) is 0 Å². The third-order valence-corrected chi connectivity index (χ3v) is 2.40. The number of alkyl halides is 6. The van der Waals surface area contributed by atoms with Crippen LogP contribution in [0.25, 0.3) is 0 Å². The molecule has 1 heterocycles. The zero-order valence-corrected chi connectivity index (χ0v) is 13.5. The van der Waals surface area contributed by atoms with Crippen molar-refractivity contribution < 1.29 is 35.8 Å². The Bertz CT molecular complexity index is 507. The van der Waals surface area contributed by atoms with Gasteiger partial charge in [0.2, 0.25) is 5.90 Å². The van der Waals surface area contributed by atoms with Crippen molar-refractivity contribution in [3.8, 4) is 0 Å². The molecule has 0 saturated carbocycles. The first-order chi connectivity index (χ1) is 9.89.